The van der Waals surface area contributed by atoms with E-state index < -0.39 is 0 Å². The minimum Gasteiger partial charge on any atom is -0.381 e. The number of carbonyl (C=O) groups is 1. The summed E-state index contributed by atoms with van der Waals surface area (Å²) in [7, 11) is 0. The molecule has 0 saturated carbocycles. The van der Waals surface area contributed by atoms with Crippen molar-refractivity contribution in [1.82, 2.24) is 5.32 Å². The number of ether oxygens (including phenoxy) is 1. The summed E-state index contributed by atoms with van der Waals surface area (Å²) < 4.78 is 5.56. The van der Waals surface area contributed by atoms with Gasteiger partial charge in [-0.15, -0.1) is 0 Å². The number of amides is 1. The largest absolute Gasteiger partial charge is 0.381 e. The van der Waals surface area contributed by atoms with Crippen LogP contribution in [-0.4, -0.2) is 25.7 Å². The number of hydrogen-bond donors (Lipinski definition) is 1. The van der Waals surface area contributed by atoms with Gasteiger partial charge in [0.25, 0.3) is 0 Å². The van der Waals surface area contributed by atoms with Gasteiger partial charge in [-0.1, -0.05) is 57.0 Å². The molecular weight excluding hydrogens is 286 g/mol. The Kier molecular flexibility index (Phi) is 7.10. The van der Waals surface area contributed by atoms with Gasteiger partial charge in [-0.25, -0.2) is 0 Å². The van der Waals surface area contributed by atoms with Crippen molar-refractivity contribution >= 4 is 5.91 Å². The molecule has 1 aliphatic rings. The van der Waals surface area contributed by atoms with Crippen LogP contribution in [-0.2, 0) is 14.9 Å². The van der Waals surface area contributed by atoms with E-state index in [4.69, 9.17) is 4.74 Å². The summed E-state index contributed by atoms with van der Waals surface area (Å²) >= 11 is 0. The summed E-state index contributed by atoms with van der Waals surface area (Å²) in [4.78, 5) is 12.6. The second kappa shape index (κ2) is 9.07. The summed E-state index contributed by atoms with van der Waals surface area (Å²) in [6, 6.07) is 10.6. The van der Waals surface area contributed by atoms with E-state index in [1.807, 2.05) is 6.07 Å². The maximum absolute atomic E-state index is 12.6. The van der Waals surface area contributed by atoms with Crippen LogP contribution in [0.5, 0.6) is 0 Å². The Bertz CT molecular complexity index is 460. The molecule has 2 rings (SSSR count). The molecule has 0 unspecified atom stereocenters. The zero-order valence-electron chi connectivity index (χ0n) is 14.6. The Balaban J connectivity index is 2.05. The number of nitrogens with one attached hydrogen (secondary N) is 1. The maximum atomic E-state index is 12.6. The average molecular weight is 317 g/mol. The highest BCUT2D eigenvalue weighted by atomic mass is 16.5. The van der Waals surface area contributed by atoms with Crippen molar-refractivity contribution in [2.75, 3.05) is 19.8 Å². The lowest BCUT2D eigenvalue weighted by Crippen LogP contribution is -2.46. The molecule has 1 aromatic carbocycles. The maximum Gasteiger partial charge on any atom is 0.223 e. The van der Waals surface area contributed by atoms with Crippen molar-refractivity contribution in [3.8, 4) is 0 Å². The van der Waals surface area contributed by atoms with Gasteiger partial charge in [0.1, 0.15) is 0 Å². The second-order valence-electron chi connectivity index (χ2n) is 6.75. The number of benzene rings is 1. The highest BCUT2D eigenvalue weighted by Crippen LogP contribution is 2.34. The first-order chi connectivity index (χ1) is 11.2. The third-order valence-corrected chi connectivity index (χ3v) is 5.08. The highest BCUT2D eigenvalue weighted by molar-refractivity contribution is 5.78. The Labute approximate surface area is 140 Å². The zero-order valence-corrected chi connectivity index (χ0v) is 14.6. The van der Waals surface area contributed by atoms with Gasteiger partial charge in [-0.05, 0) is 31.2 Å². The van der Waals surface area contributed by atoms with Gasteiger partial charge in [-0.2, -0.15) is 0 Å². The highest BCUT2D eigenvalue weighted by Gasteiger charge is 2.35. The lowest BCUT2D eigenvalue weighted by Gasteiger charge is -2.38. The van der Waals surface area contributed by atoms with E-state index in [9.17, 15) is 4.79 Å². The van der Waals surface area contributed by atoms with Crippen LogP contribution in [0.3, 0.4) is 0 Å². The van der Waals surface area contributed by atoms with Gasteiger partial charge in [0.05, 0.1) is 0 Å². The monoisotopic (exact) mass is 317 g/mol. The quantitative estimate of drug-likeness (QED) is 0.785. The third-order valence-electron chi connectivity index (χ3n) is 5.08. The van der Waals surface area contributed by atoms with Crippen LogP contribution in [0.2, 0.25) is 0 Å². The summed E-state index contributed by atoms with van der Waals surface area (Å²) in [5.74, 6) is 0.396. The Morgan fingerprint density at radius 1 is 1.13 bits per heavy atom. The number of carbonyl (C=O) groups excluding carboxylic acids is 1. The second-order valence-corrected chi connectivity index (χ2v) is 6.75. The minimum absolute atomic E-state index is 0.0259. The van der Waals surface area contributed by atoms with Gasteiger partial charge >= 0.3 is 0 Å². The molecule has 1 aliphatic heterocycles. The molecule has 3 heteroatoms. The van der Waals surface area contributed by atoms with Crippen molar-refractivity contribution in [3.63, 3.8) is 0 Å². The number of rotatable bonds is 8. The lowest BCUT2D eigenvalue weighted by atomic mass is 9.74. The molecule has 1 amide bonds. The Morgan fingerprint density at radius 3 is 2.30 bits per heavy atom. The molecular formula is C20H31NO2. The fourth-order valence-corrected chi connectivity index (χ4v) is 3.63. The van der Waals surface area contributed by atoms with Crippen LogP contribution in [0, 0.1) is 5.92 Å². The lowest BCUT2D eigenvalue weighted by molar-refractivity contribution is -0.126. The molecule has 0 spiro atoms. The van der Waals surface area contributed by atoms with E-state index in [0.29, 0.717) is 0 Å². The average Bonchev–Trinajstić information content (AvgIpc) is 2.61. The molecule has 128 valence electrons. The molecule has 1 saturated heterocycles. The molecule has 1 fully saturated rings. The van der Waals surface area contributed by atoms with E-state index in [1.165, 1.54) is 5.56 Å². The topological polar surface area (TPSA) is 38.3 Å². The first-order valence-electron chi connectivity index (χ1n) is 9.13. The third kappa shape index (κ3) is 4.81. The summed E-state index contributed by atoms with van der Waals surface area (Å²) in [6.07, 6.45) is 6.06. The predicted octanol–water partition coefficient (Wildman–Crippen LogP) is 4.07. The standard InChI is InChI=1S/C20H31NO2/c1-3-8-17(9-4-2)19(22)21-16-20(12-14-23-15-13-20)18-10-6-5-7-11-18/h5-7,10-11,17H,3-4,8-9,12-16H2,1-2H3,(H,21,22). The van der Waals surface area contributed by atoms with Crippen LogP contribution in [0.4, 0.5) is 0 Å². The smallest absolute Gasteiger partial charge is 0.223 e. The molecule has 0 radical (unpaired) electrons. The van der Waals surface area contributed by atoms with Crippen molar-refractivity contribution in [2.45, 2.75) is 57.8 Å². The fourth-order valence-electron chi connectivity index (χ4n) is 3.63. The molecule has 3 nitrogen and oxygen atoms in total. The first kappa shape index (κ1) is 18.0. The van der Waals surface area contributed by atoms with E-state index in [0.717, 1.165) is 58.3 Å². The first-order valence-corrected chi connectivity index (χ1v) is 9.13. The van der Waals surface area contributed by atoms with Crippen molar-refractivity contribution in [1.29, 1.82) is 0 Å². The molecule has 0 atom stereocenters. The van der Waals surface area contributed by atoms with E-state index in [2.05, 4.69) is 43.4 Å². The van der Waals surface area contributed by atoms with Crippen LogP contribution in [0.25, 0.3) is 0 Å². The molecule has 23 heavy (non-hydrogen) atoms. The SMILES string of the molecule is CCCC(CCC)C(=O)NCC1(c2ccccc2)CCOCC1. The number of hydrogen-bond acceptors (Lipinski definition) is 2. The summed E-state index contributed by atoms with van der Waals surface area (Å²) in [6.45, 7) is 6.58. The van der Waals surface area contributed by atoms with Crippen molar-refractivity contribution in [3.05, 3.63) is 35.9 Å². The summed E-state index contributed by atoms with van der Waals surface area (Å²) in [5, 5.41) is 3.27. The molecule has 0 aliphatic carbocycles. The molecule has 1 aromatic rings. The van der Waals surface area contributed by atoms with Crippen LogP contribution in [0.1, 0.15) is 57.9 Å². The van der Waals surface area contributed by atoms with Gasteiger partial charge in [0.15, 0.2) is 0 Å². The molecule has 1 N–H and O–H groups in total. The Morgan fingerprint density at radius 2 is 1.74 bits per heavy atom. The van der Waals surface area contributed by atoms with Gasteiger partial charge in [0, 0.05) is 31.1 Å². The zero-order chi connectivity index (χ0) is 16.5. The summed E-state index contributed by atoms with van der Waals surface area (Å²) in [5.41, 5.74) is 1.35. The van der Waals surface area contributed by atoms with Crippen molar-refractivity contribution in [2.24, 2.45) is 5.92 Å². The van der Waals surface area contributed by atoms with E-state index in [-0.39, 0.29) is 17.2 Å². The Hall–Kier alpha value is -1.35. The van der Waals surface area contributed by atoms with Gasteiger partial charge < -0.3 is 10.1 Å². The molecule has 0 aromatic heterocycles. The predicted molar refractivity (Wildman–Crippen MR) is 94.5 cm³/mol. The van der Waals surface area contributed by atoms with Crippen LogP contribution in [0.15, 0.2) is 30.3 Å². The normalized spacial score (nSPS) is 17.2. The minimum atomic E-state index is 0.0259. The van der Waals surface area contributed by atoms with E-state index >= 15 is 0 Å². The van der Waals surface area contributed by atoms with Crippen LogP contribution < -0.4 is 5.32 Å². The van der Waals surface area contributed by atoms with Gasteiger partial charge in [-0.3, -0.25) is 4.79 Å². The fraction of sp³-hybridized carbons (Fsp3) is 0.650. The van der Waals surface area contributed by atoms with Crippen LogP contribution >= 0.6 is 0 Å². The van der Waals surface area contributed by atoms with Crippen molar-refractivity contribution < 1.29 is 9.53 Å². The molecule has 1 heterocycles. The molecule has 0 bridgehead atoms. The van der Waals surface area contributed by atoms with E-state index in [1.54, 1.807) is 0 Å². The van der Waals surface area contributed by atoms with Gasteiger partial charge in [0.2, 0.25) is 5.91 Å².